The van der Waals surface area contributed by atoms with Crippen molar-refractivity contribution in [3.8, 4) is 0 Å². The third-order valence-electron chi connectivity index (χ3n) is 3.90. The van der Waals surface area contributed by atoms with Crippen LogP contribution in [-0.2, 0) is 14.8 Å². The van der Waals surface area contributed by atoms with Crippen molar-refractivity contribution in [1.29, 1.82) is 0 Å². The minimum atomic E-state index is -3.71. The molecule has 0 saturated heterocycles. The molecule has 2 rings (SSSR count). The summed E-state index contributed by atoms with van der Waals surface area (Å²) in [6.07, 6.45) is 1.02. The summed E-state index contributed by atoms with van der Waals surface area (Å²) in [5.74, 6) is -0.665. The summed E-state index contributed by atoms with van der Waals surface area (Å²) >= 11 is 0. The number of benzene rings is 2. The van der Waals surface area contributed by atoms with Crippen LogP contribution in [0.25, 0.3) is 0 Å². The van der Waals surface area contributed by atoms with Crippen molar-refractivity contribution in [2.45, 2.75) is 6.92 Å². The smallest absolute Gasteiger partial charge is 0.245 e. The highest BCUT2D eigenvalue weighted by Gasteiger charge is 2.21. The van der Waals surface area contributed by atoms with Crippen molar-refractivity contribution in [2.24, 2.45) is 0 Å². The first-order valence-electron chi connectivity index (χ1n) is 8.24. The highest BCUT2D eigenvalue weighted by molar-refractivity contribution is 7.92. The Bertz CT molecular complexity index is 938. The molecule has 0 spiro atoms. The van der Waals surface area contributed by atoms with E-state index in [-0.39, 0.29) is 11.5 Å². The molecule has 0 radical (unpaired) electrons. The molecular formula is C19H23N3O4S. The highest BCUT2D eigenvalue weighted by atomic mass is 32.2. The summed E-state index contributed by atoms with van der Waals surface area (Å²) in [6, 6.07) is 13.4. The molecule has 2 aromatic rings. The van der Waals surface area contributed by atoms with Crippen LogP contribution in [0.15, 0.2) is 48.5 Å². The molecule has 144 valence electrons. The van der Waals surface area contributed by atoms with Crippen LogP contribution in [0.2, 0.25) is 0 Å². The Labute approximate surface area is 159 Å². The molecule has 0 unspecified atom stereocenters. The minimum absolute atomic E-state index is 0.185. The van der Waals surface area contributed by atoms with Gasteiger partial charge in [-0.15, -0.1) is 0 Å². The lowest BCUT2D eigenvalue weighted by molar-refractivity contribution is -0.114. The van der Waals surface area contributed by atoms with Crippen LogP contribution in [0, 0.1) is 0 Å². The van der Waals surface area contributed by atoms with Gasteiger partial charge in [-0.25, -0.2) is 8.42 Å². The normalized spacial score (nSPS) is 11.0. The van der Waals surface area contributed by atoms with Crippen molar-refractivity contribution < 1.29 is 18.0 Å². The lowest BCUT2D eigenvalue weighted by atomic mass is 10.1. The van der Waals surface area contributed by atoms with E-state index >= 15 is 0 Å². The number of carbonyl (C=O) groups excluding carboxylic acids is 2. The minimum Gasteiger partial charge on any atom is -0.378 e. The SMILES string of the molecule is CC(=O)c1cccc(N(CC(=O)Nc2ccc(N(C)C)cc2)S(C)(=O)=O)c1. The lowest BCUT2D eigenvalue weighted by Gasteiger charge is -2.22. The summed E-state index contributed by atoms with van der Waals surface area (Å²) in [4.78, 5) is 25.9. The number of rotatable bonds is 7. The van der Waals surface area contributed by atoms with Crippen molar-refractivity contribution >= 4 is 38.8 Å². The van der Waals surface area contributed by atoms with Crippen LogP contribution in [0.3, 0.4) is 0 Å². The van der Waals surface area contributed by atoms with Gasteiger partial charge >= 0.3 is 0 Å². The van der Waals surface area contributed by atoms with Crippen molar-refractivity contribution in [3.63, 3.8) is 0 Å². The van der Waals surface area contributed by atoms with Gasteiger partial charge < -0.3 is 10.2 Å². The summed E-state index contributed by atoms with van der Waals surface area (Å²) in [6.45, 7) is 1.00. The van der Waals surface area contributed by atoms with Crippen LogP contribution < -0.4 is 14.5 Å². The van der Waals surface area contributed by atoms with Gasteiger partial charge in [0.15, 0.2) is 5.78 Å². The van der Waals surface area contributed by atoms with Crippen molar-refractivity contribution in [2.75, 3.05) is 41.4 Å². The van der Waals surface area contributed by atoms with E-state index in [4.69, 9.17) is 0 Å². The summed E-state index contributed by atoms with van der Waals surface area (Å²) < 4.78 is 25.3. The fraction of sp³-hybridized carbons (Fsp3) is 0.263. The first-order chi connectivity index (χ1) is 12.6. The number of hydrogen-bond acceptors (Lipinski definition) is 5. The number of carbonyl (C=O) groups is 2. The molecule has 0 atom stereocenters. The molecule has 0 heterocycles. The largest absolute Gasteiger partial charge is 0.378 e. The Morgan fingerprint density at radius 2 is 1.63 bits per heavy atom. The van der Waals surface area contributed by atoms with Gasteiger partial charge in [-0.05, 0) is 43.3 Å². The van der Waals surface area contributed by atoms with Crippen LogP contribution in [0.4, 0.5) is 17.1 Å². The zero-order valence-corrected chi connectivity index (χ0v) is 16.6. The zero-order chi connectivity index (χ0) is 20.2. The molecule has 0 bridgehead atoms. The molecule has 7 nitrogen and oxygen atoms in total. The summed E-state index contributed by atoms with van der Waals surface area (Å²) in [5, 5.41) is 2.69. The van der Waals surface area contributed by atoms with E-state index in [0.717, 1.165) is 16.2 Å². The van der Waals surface area contributed by atoms with E-state index < -0.39 is 22.5 Å². The second kappa shape index (κ2) is 8.22. The topological polar surface area (TPSA) is 86.8 Å². The molecule has 1 amide bonds. The third-order valence-corrected chi connectivity index (χ3v) is 5.04. The fourth-order valence-corrected chi connectivity index (χ4v) is 3.30. The summed E-state index contributed by atoms with van der Waals surface area (Å²) in [5.41, 5.74) is 2.19. The van der Waals surface area contributed by atoms with Gasteiger partial charge in [0, 0.05) is 31.0 Å². The van der Waals surface area contributed by atoms with Crippen molar-refractivity contribution in [3.05, 3.63) is 54.1 Å². The number of Topliss-reactive ketones (excluding diaryl/α,β-unsaturated/α-hetero) is 1. The summed E-state index contributed by atoms with van der Waals surface area (Å²) in [7, 11) is 0.108. The van der Waals surface area contributed by atoms with Crippen LogP contribution in [0.1, 0.15) is 17.3 Å². The van der Waals surface area contributed by atoms with Gasteiger partial charge in [-0.3, -0.25) is 13.9 Å². The Morgan fingerprint density at radius 1 is 1.00 bits per heavy atom. The molecular weight excluding hydrogens is 366 g/mol. The van der Waals surface area contributed by atoms with Gasteiger partial charge in [-0.1, -0.05) is 12.1 Å². The average molecular weight is 389 g/mol. The molecule has 1 N–H and O–H groups in total. The van der Waals surface area contributed by atoms with E-state index in [1.807, 2.05) is 31.1 Å². The third kappa shape index (κ3) is 5.55. The van der Waals surface area contributed by atoms with E-state index in [1.165, 1.54) is 13.0 Å². The molecule has 0 aliphatic carbocycles. The predicted octanol–water partition coefficient (Wildman–Crippen LogP) is 2.36. The van der Waals surface area contributed by atoms with Crippen LogP contribution in [0.5, 0.6) is 0 Å². The van der Waals surface area contributed by atoms with Crippen LogP contribution >= 0.6 is 0 Å². The van der Waals surface area contributed by atoms with E-state index in [2.05, 4.69) is 5.32 Å². The number of nitrogens with zero attached hydrogens (tertiary/aromatic N) is 2. The molecule has 0 saturated carbocycles. The Morgan fingerprint density at radius 3 is 2.15 bits per heavy atom. The number of sulfonamides is 1. The molecule has 0 aliphatic rings. The van der Waals surface area contributed by atoms with E-state index in [0.29, 0.717) is 11.3 Å². The monoisotopic (exact) mass is 389 g/mol. The molecule has 0 fully saturated rings. The van der Waals surface area contributed by atoms with Gasteiger partial charge in [0.2, 0.25) is 15.9 Å². The molecule has 8 heteroatoms. The second-order valence-corrected chi connectivity index (χ2v) is 8.27. The maximum atomic E-state index is 12.4. The second-order valence-electron chi connectivity index (χ2n) is 6.37. The molecule has 2 aromatic carbocycles. The van der Waals surface area contributed by atoms with Gasteiger partial charge in [0.05, 0.1) is 11.9 Å². The number of ketones is 1. The lowest BCUT2D eigenvalue weighted by Crippen LogP contribution is -2.37. The first kappa shape index (κ1) is 20.4. The average Bonchev–Trinajstić information content (AvgIpc) is 2.59. The van der Waals surface area contributed by atoms with Gasteiger partial charge in [0.25, 0.3) is 0 Å². The number of amides is 1. The standard InChI is InChI=1S/C19H23N3O4S/c1-14(23)15-6-5-7-18(12-15)22(27(4,25)26)13-19(24)20-16-8-10-17(11-9-16)21(2)3/h5-12H,13H2,1-4H3,(H,20,24). The van der Waals surface area contributed by atoms with Crippen LogP contribution in [-0.4, -0.2) is 47.0 Å². The first-order valence-corrected chi connectivity index (χ1v) is 10.1. The zero-order valence-electron chi connectivity index (χ0n) is 15.8. The van der Waals surface area contributed by atoms with E-state index in [9.17, 15) is 18.0 Å². The van der Waals surface area contributed by atoms with Gasteiger partial charge in [-0.2, -0.15) is 0 Å². The van der Waals surface area contributed by atoms with E-state index in [1.54, 1.807) is 30.3 Å². The molecule has 27 heavy (non-hydrogen) atoms. The van der Waals surface area contributed by atoms with Crippen molar-refractivity contribution in [1.82, 2.24) is 0 Å². The fourth-order valence-electron chi connectivity index (χ4n) is 2.45. The Kier molecular flexibility index (Phi) is 6.22. The maximum Gasteiger partial charge on any atom is 0.245 e. The Hall–Kier alpha value is -2.87. The maximum absolute atomic E-state index is 12.4. The highest BCUT2D eigenvalue weighted by Crippen LogP contribution is 2.20. The molecule has 0 aromatic heterocycles. The number of hydrogen-bond donors (Lipinski definition) is 1. The quantitative estimate of drug-likeness (QED) is 0.735. The number of nitrogens with one attached hydrogen (secondary N) is 1. The predicted molar refractivity (Wildman–Crippen MR) is 108 cm³/mol. The van der Waals surface area contributed by atoms with Gasteiger partial charge in [0.1, 0.15) is 6.54 Å². The number of anilines is 3. The Balaban J connectivity index is 2.20. The molecule has 0 aliphatic heterocycles.